The van der Waals surface area contributed by atoms with Crippen LogP contribution in [0.3, 0.4) is 0 Å². The largest absolute Gasteiger partial charge is 0.368 e. The minimum absolute atomic E-state index is 0.321. The van der Waals surface area contributed by atoms with Gasteiger partial charge in [0.15, 0.2) is 0 Å². The molecule has 0 aliphatic carbocycles. The van der Waals surface area contributed by atoms with Crippen LogP contribution in [0.2, 0.25) is 0 Å². The van der Waals surface area contributed by atoms with Crippen molar-refractivity contribution < 1.29 is 0 Å². The maximum Gasteiger partial charge on any atom is 0.220 e. The summed E-state index contributed by atoms with van der Waals surface area (Å²) in [6, 6.07) is 0. The topological polar surface area (TPSA) is 64.7 Å². The predicted molar refractivity (Wildman–Crippen MR) is 56.1 cm³/mol. The molecule has 14 heavy (non-hydrogen) atoms. The molecule has 0 aromatic carbocycles. The van der Waals surface area contributed by atoms with Gasteiger partial charge in [-0.25, -0.2) is 15.0 Å². The van der Waals surface area contributed by atoms with E-state index in [2.05, 4.69) is 15.0 Å². The molecule has 0 saturated carbocycles. The number of rotatable bonds is 2. The summed E-state index contributed by atoms with van der Waals surface area (Å²) in [4.78, 5) is 12.3. The van der Waals surface area contributed by atoms with Crippen molar-refractivity contribution in [3.05, 3.63) is 34.0 Å². The molecule has 0 fully saturated rings. The van der Waals surface area contributed by atoms with Gasteiger partial charge in [-0.05, 0) is 12.5 Å². The fourth-order valence-corrected chi connectivity index (χ4v) is 1.78. The second-order valence-corrected chi connectivity index (χ2v) is 3.94. The van der Waals surface area contributed by atoms with Gasteiger partial charge in [0.25, 0.3) is 0 Å². The van der Waals surface area contributed by atoms with Gasteiger partial charge in [0.2, 0.25) is 5.95 Å². The van der Waals surface area contributed by atoms with Crippen LogP contribution in [0.4, 0.5) is 5.95 Å². The van der Waals surface area contributed by atoms with Crippen molar-refractivity contribution in [1.82, 2.24) is 15.0 Å². The maximum atomic E-state index is 5.52. The van der Waals surface area contributed by atoms with Crippen LogP contribution < -0.4 is 5.73 Å². The Kier molecular flexibility index (Phi) is 2.41. The number of aryl methyl sites for hydroxylation is 1. The highest BCUT2D eigenvalue weighted by atomic mass is 32.1. The molecule has 0 aliphatic heterocycles. The van der Waals surface area contributed by atoms with Crippen molar-refractivity contribution in [2.45, 2.75) is 13.3 Å². The van der Waals surface area contributed by atoms with Gasteiger partial charge in [-0.3, -0.25) is 0 Å². The van der Waals surface area contributed by atoms with Gasteiger partial charge in [0, 0.05) is 24.2 Å². The zero-order valence-corrected chi connectivity index (χ0v) is 8.58. The summed E-state index contributed by atoms with van der Waals surface area (Å²) in [5.41, 5.74) is 7.52. The lowest BCUT2D eigenvalue weighted by atomic mass is 10.2. The van der Waals surface area contributed by atoms with Crippen LogP contribution >= 0.6 is 11.3 Å². The van der Waals surface area contributed by atoms with E-state index in [4.69, 9.17) is 5.73 Å². The Balaban J connectivity index is 2.28. The minimum atomic E-state index is 0.321. The molecule has 0 radical (unpaired) electrons. The Bertz CT molecular complexity index is 424. The van der Waals surface area contributed by atoms with Gasteiger partial charge in [-0.15, -0.1) is 11.3 Å². The van der Waals surface area contributed by atoms with E-state index in [1.807, 2.05) is 12.3 Å². The lowest BCUT2D eigenvalue weighted by Gasteiger charge is -2.02. The van der Waals surface area contributed by atoms with Crippen LogP contribution in [0.25, 0.3) is 0 Å². The molecular weight excluding hydrogens is 196 g/mol. The lowest BCUT2D eigenvalue weighted by Crippen LogP contribution is -2.02. The fourth-order valence-electron chi connectivity index (χ4n) is 1.16. The molecule has 0 spiro atoms. The molecule has 5 heteroatoms. The van der Waals surface area contributed by atoms with E-state index in [-0.39, 0.29) is 0 Å². The van der Waals surface area contributed by atoms with Crippen molar-refractivity contribution in [2.24, 2.45) is 0 Å². The van der Waals surface area contributed by atoms with Crippen molar-refractivity contribution in [3.8, 4) is 0 Å². The number of nitrogens with zero attached hydrogens (tertiary/aromatic N) is 3. The predicted octanol–water partition coefficient (Wildman–Crippen LogP) is 1.41. The first-order valence-corrected chi connectivity index (χ1v) is 5.10. The monoisotopic (exact) mass is 206 g/mol. The fraction of sp³-hybridized carbons (Fsp3) is 0.222. The Morgan fingerprint density at radius 2 is 2.29 bits per heavy atom. The Labute approximate surface area is 85.9 Å². The number of hydrogen-bond acceptors (Lipinski definition) is 5. The summed E-state index contributed by atoms with van der Waals surface area (Å²) < 4.78 is 0. The summed E-state index contributed by atoms with van der Waals surface area (Å²) in [5, 5.41) is 3.00. The minimum Gasteiger partial charge on any atom is -0.368 e. The number of aromatic nitrogens is 3. The van der Waals surface area contributed by atoms with Crippen LogP contribution in [-0.2, 0) is 6.42 Å². The lowest BCUT2D eigenvalue weighted by molar-refractivity contribution is 0.995. The Hall–Kier alpha value is -1.49. The third-order valence-electron chi connectivity index (χ3n) is 1.90. The third-order valence-corrected chi connectivity index (χ3v) is 2.68. The van der Waals surface area contributed by atoms with Crippen LogP contribution in [0, 0.1) is 6.92 Å². The molecule has 0 aliphatic rings. The molecule has 2 N–H and O–H groups in total. The average molecular weight is 206 g/mol. The number of hydrogen-bond donors (Lipinski definition) is 1. The Morgan fingerprint density at radius 3 is 3.00 bits per heavy atom. The highest BCUT2D eigenvalue weighted by Crippen LogP contribution is 2.13. The quantitative estimate of drug-likeness (QED) is 0.807. The Morgan fingerprint density at radius 1 is 1.43 bits per heavy atom. The van der Waals surface area contributed by atoms with E-state index in [1.54, 1.807) is 23.7 Å². The zero-order chi connectivity index (χ0) is 9.97. The van der Waals surface area contributed by atoms with E-state index in [0.29, 0.717) is 5.95 Å². The first-order valence-electron chi connectivity index (χ1n) is 4.22. The number of anilines is 1. The van der Waals surface area contributed by atoms with Gasteiger partial charge < -0.3 is 5.73 Å². The van der Waals surface area contributed by atoms with Crippen molar-refractivity contribution in [3.63, 3.8) is 0 Å². The van der Waals surface area contributed by atoms with E-state index in [1.165, 1.54) is 0 Å². The van der Waals surface area contributed by atoms with Crippen molar-refractivity contribution in [1.29, 1.82) is 0 Å². The van der Waals surface area contributed by atoms with Gasteiger partial charge in [0.05, 0.1) is 10.7 Å². The van der Waals surface area contributed by atoms with Gasteiger partial charge in [0.1, 0.15) is 0 Å². The number of nitrogens with two attached hydrogens (primary N) is 1. The first kappa shape index (κ1) is 9.08. The summed E-state index contributed by atoms with van der Waals surface area (Å²) in [6.45, 7) is 1.97. The second-order valence-electron chi connectivity index (χ2n) is 2.96. The normalized spacial score (nSPS) is 10.4. The van der Waals surface area contributed by atoms with Crippen molar-refractivity contribution >= 4 is 17.3 Å². The van der Waals surface area contributed by atoms with E-state index in [9.17, 15) is 0 Å². The summed E-state index contributed by atoms with van der Waals surface area (Å²) in [7, 11) is 0. The van der Waals surface area contributed by atoms with Gasteiger partial charge in [-0.1, -0.05) is 0 Å². The summed E-state index contributed by atoms with van der Waals surface area (Å²) in [5.74, 6) is 0.321. The molecule has 4 nitrogen and oxygen atoms in total. The van der Waals surface area contributed by atoms with Crippen LogP contribution in [0.1, 0.15) is 16.3 Å². The molecule has 2 aromatic rings. The summed E-state index contributed by atoms with van der Waals surface area (Å²) in [6.07, 6.45) is 4.27. The van der Waals surface area contributed by atoms with Gasteiger partial charge in [-0.2, -0.15) is 0 Å². The molecule has 2 aromatic heterocycles. The molecule has 0 unspecified atom stereocenters. The van der Waals surface area contributed by atoms with E-state index < -0.39 is 0 Å². The molecule has 0 atom stereocenters. The molecular formula is C9H10N4S. The maximum absolute atomic E-state index is 5.52. The van der Waals surface area contributed by atoms with Crippen LogP contribution in [0.15, 0.2) is 17.8 Å². The second kappa shape index (κ2) is 3.71. The smallest absolute Gasteiger partial charge is 0.220 e. The SMILES string of the molecule is Cc1cnc(N)nc1Cc1nccs1. The molecule has 2 heterocycles. The molecule has 0 bridgehead atoms. The van der Waals surface area contributed by atoms with Crippen LogP contribution in [0.5, 0.6) is 0 Å². The van der Waals surface area contributed by atoms with Crippen molar-refractivity contribution in [2.75, 3.05) is 5.73 Å². The highest BCUT2D eigenvalue weighted by Gasteiger charge is 2.04. The average Bonchev–Trinajstić information content (AvgIpc) is 2.64. The number of nitrogen functional groups attached to an aromatic ring is 1. The molecule has 72 valence electrons. The number of thiazole rings is 1. The highest BCUT2D eigenvalue weighted by molar-refractivity contribution is 7.09. The molecule has 0 saturated heterocycles. The molecule has 0 amide bonds. The van der Waals surface area contributed by atoms with E-state index >= 15 is 0 Å². The summed E-state index contributed by atoms with van der Waals surface area (Å²) >= 11 is 1.62. The zero-order valence-electron chi connectivity index (χ0n) is 7.77. The van der Waals surface area contributed by atoms with E-state index in [0.717, 1.165) is 22.7 Å². The standard InChI is InChI=1S/C9H10N4S/c1-6-5-12-9(10)13-7(6)4-8-11-2-3-14-8/h2-3,5H,4H2,1H3,(H2,10,12,13). The van der Waals surface area contributed by atoms with Gasteiger partial charge >= 0.3 is 0 Å². The first-order chi connectivity index (χ1) is 6.75. The third kappa shape index (κ3) is 1.88. The van der Waals surface area contributed by atoms with Crippen LogP contribution in [-0.4, -0.2) is 15.0 Å². The molecule has 2 rings (SSSR count).